The maximum Gasteiger partial charge on any atom is 0.347 e. The van der Waals surface area contributed by atoms with Crippen LogP contribution in [0.15, 0.2) is 29.2 Å². The van der Waals surface area contributed by atoms with Crippen molar-refractivity contribution in [3.63, 3.8) is 0 Å². The average molecular weight is 493 g/mol. The van der Waals surface area contributed by atoms with Crippen molar-refractivity contribution in [2.45, 2.75) is 31.5 Å². The predicted molar refractivity (Wildman–Crippen MR) is 129 cm³/mol. The van der Waals surface area contributed by atoms with E-state index in [1.807, 2.05) is 0 Å². The first-order chi connectivity index (χ1) is 17.3. The van der Waals surface area contributed by atoms with Crippen LogP contribution < -0.4 is 16.3 Å². The summed E-state index contributed by atoms with van der Waals surface area (Å²) in [6.45, 7) is 0.479. The Labute approximate surface area is 202 Å². The van der Waals surface area contributed by atoms with Crippen molar-refractivity contribution in [3.05, 3.63) is 57.9 Å². The molecule has 10 heteroatoms. The van der Waals surface area contributed by atoms with E-state index in [9.17, 15) is 18.0 Å². The Hall–Kier alpha value is -4.13. The number of terminal acetylenes is 1. The second-order valence-electron chi connectivity index (χ2n) is 9.22. The summed E-state index contributed by atoms with van der Waals surface area (Å²) < 4.78 is 59.1. The summed E-state index contributed by atoms with van der Waals surface area (Å²) in [5, 5.41) is 0.431. The number of nitrogens with zero attached hydrogens (tertiary/aromatic N) is 3. The van der Waals surface area contributed by atoms with Crippen molar-refractivity contribution < 1.29 is 17.6 Å². The zero-order valence-electron chi connectivity index (χ0n) is 18.8. The van der Waals surface area contributed by atoms with Gasteiger partial charge in [-0.2, -0.15) is 4.98 Å². The summed E-state index contributed by atoms with van der Waals surface area (Å²) in [7, 11) is 0. The third-order valence-electron chi connectivity index (χ3n) is 7.10. The molecule has 2 aromatic carbocycles. The monoisotopic (exact) mass is 493 g/mol. The molecule has 3 atom stereocenters. The molecule has 0 spiro atoms. The molecule has 1 aliphatic carbocycles. The standard InChI is InChI=1S/C26H19F4N5O/c1-2-13-18-11(8-17(27)19(13)28)7-12(31)9-15(18)22-21(30)23-16(10-32-22)25(34-26(36)33-23)35-6-4-3-5-14-20(29)24(14)35/h1,7-10,14,20,24H,3-6,31H2,(H,33,34,36)/t14-,20-,24-/m1/s1. The molecule has 3 heterocycles. The van der Waals surface area contributed by atoms with Crippen LogP contribution in [-0.4, -0.2) is 33.7 Å². The lowest BCUT2D eigenvalue weighted by atomic mass is 9.95. The molecule has 2 aliphatic rings. The van der Waals surface area contributed by atoms with E-state index in [1.54, 1.807) is 4.90 Å². The first-order valence-corrected chi connectivity index (χ1v) is 11.5. The minimum atomic E-state index is -1.25. The Morgan fingerprint density at radius 1 is 1.17 bits per heavy atom. The van der Waals surface area contributed by atoms with Crippen molar-refractivity contribution >= 4 is 33.2 Å². The summed E-state index contributed by atoms with van der Waals surface area (Å²) >= 11 is 0. The second kappa shape index (κ2) is 7.95. The van der Waals surface area contributed by atoms with Gasteiger partial charge in [-0.05, 0) is 36.4 Å². The van der Waals surface area contributed by atoms with Gasteiger partial charge in [0.05, 0.1) is 22.5 Å². The third-order valence-corrected chi connectivity index (χ3v) is 7.10. The Morgan fingerprint density at radius 3 is 2.75 bits per heavy atom. The van der Waals surface area contributed by atoms with Crippen molar-refractivity contribution in [1.29, 1.82) is 0 Å². The number of nitrogens with one attached hydrogen (secondary N) is 1. The van der Waals surface area contributed by atoms with Crippen molar-refractivity contribution in [1.82, 2.24) is 15.0 Å². The molecule has 3 N–H and O–H groups in total. The van der Waals surface area contributed by atoms with Crippen LogP contribution in [0.3, 0.4) is 0 Å². The molecule has 0 bridgehead atoms. The zero-order chi connectivity index (χ0) is 25.3. The average Bonchev–Trinajstić information content (AvgIpc) is 3.54. The number of aromatic amines is 1. The van der Waals surface area contributed by atoms with E-state index >= 15 is 4.39 Å². The molecule has 2 fully saturated rings. The van der Waals surface area contributed by atoms with Gasteiger partial charge in [-0.25, -0.2) is 22.4 Å². The molecule has 6 nitrogen and oxygen atoms in total. The van der Waals surface area contributed by atoms with E-state index in [0.717, 1.165) is 25.3 Å². The zero-order valence-corrected chi connectivity index (χ0v) is 18.8. The van der Waals surface area contributed by atoms with Gasteiger partial charge in [-0.15, -0.1) is 6.42 Å². The Morgan fingerprint density at radius 2 is 1.97 bits per heavy atom. The highest BCUT2D eigenvalue weighted by Crippen LogP contribution is 2.47. The van der Waals surface area contributed by atoms with E-state index in [1.165, 1.54) is 18.3 Å². The van der Waals surface area contributed by atoms with Crippen LogP contribution >= 0.6 is 0 Å². The minimum absolute atomic E-state index is 0.0383. The number of benzene rings is 2. The van der Waals surface area contributed by atoms with Gasteiger partial charge in [0, 0.05) is 35.3 Å². The van der Waals surface area contributed by atoms with Gasteiger partial charge in [0.25, 0.3) is 0 Å². The minimum Gasteiger partial charge on any atom is -0.399 e. The van der Waals surface area contributed by atoms with Gasteiger partial charge in [0.1, 0.15) is 17.7 Å². The number of hydrogen-bond acceptors (Lipinski definition) is 5. The molecule has 4 aromatic rings. The topological polar surface area (TPSA) is 87.9 Å². The number of hydrogen-bond donors (Lipinski definition) is 2. The fourth-order valence-electron chi connectivity index (χ4n) is 5.42. The van der Waals surface area contributed by atoms with Crippen LogP contribution in [0.1, 0.15) is 24.8 Å². The number of fused-ring (bicyclic) bond motifs is 3. The fraction of sp³-hybridized carbons (Fsp3) is 0.269. The van der Waals surface area contributed by atoms with Crippen LogP contribution in [0.25, 0.3) is 32.9 Å². The van der Waals surface area contributed by atoms with Crippen molar-refractivity contribution in [2.75, 3.05) is 17.2 Å². The van der Waals surface area contributed by atoms with Gasteiger partial charge >= 0.3 is 5.69 Å². The van der Waals surface area contributed by atoms with Crippen LogP contribution in [-0.2, 0) is 0 Å². The molecule has 36 heavy (non-hydrogen) atoms. The van der Waals surface area contributed by atoms with Crippen molar-refractivity contribution in [3.8, 4) is 23.6 Å². The normalized spacial score (nSPS) is 21.3. The van der Waals surface area contributed by atoms with E-state index in [0.29, 0.717) is 6.54 Å². The van der Waals surface area contributed by atoms with E-state index in [-0.39, 0.29) is 50.4 Å². The highest BCUT2D eigenvalue weighted by atomic mass is 19.2. The molecular weight excluding hydrogens is 474 g/mol. The third kappa shape index (κ3) is 3.22. The Balaban J connectivity index is 1.61. The number of nitrogens with two attached hydrogens (primary N) is 1. The summed E-state index contributed by atoms with van der Waals surface area (Å²) in [6.07, 6.45) is 8.15. The van der Waals surface area contributed by atoms with Crippen LogP contribution in [0.5, 0.6) is 0 Å². The molecule has 0 unspecified atom stereocenters. The van der Waals surface area contributed by atoms with E-state index in [4.69, 9.17) is 12.2 Å². The smallest absolute Gasteiger partial charge is 0.347 e. The molecular formula is C26H19F4N5O. The van der Waals surface area contributed by atoms with Gasteiger partial charge in [-0.3, -0.25) is 4.98 Å². The Kier molecular flexibility index (Phi) is 4.93. The summed E-state index contributed by atoms with van der Waals surface area (Å²) in [5.74, 6) is -1.19. The molecule has 2 aromatic heterocycles. The first kappa shape index (κ1) is 22.3. The van der Waals surface area contributed by atoms with E-state index in [2.05, 4.69) is 20.9 Å². The molecule has 1 aliphatic heterocycles. The number of nitrogen functional groups attached to an aromatic ring is 1. The summed E-state index contributed by atoms with van der Waals surface area (Å²) in [6, 6.07) is 3.26. The number of H-pyrrole nitrogens is 1. The fourth-order valence-corrected chi connectivity index (χ4v) is 5.42. The van der Waals surface area contributed by atoms with E-state index < -0.39 is 40.9 Å². The molecule has 0 radical (unpaired) electrons. The second-order valence-corrected chi connectivity index (χ2v) is 9.22. The number of pyridine rings is 1. The highest BCUT2D eigenvalue weighted by molar-refractivity contribution is 6.03. The molecule has 6 rings (SSSR count). The molecule has 182 valence electrons. The van der Waals surface area contributed by atoms with Gasteiger partial charge in [0.15, 0.2) is 17.5 Å². The number of rotatable bonds is 2. The summed E-state index contributed by atoms with van der Waals surface area (Å²) in [5.41, 5.74) is 4.50. The lowest BCUT2D eigenvalue weighted by Gasteiger charge is -2.24. The first-order valence-electron chi connectivity index (χ1n) is 11.5. The largest absolute Gasteiger partial charge is 0.399 e. The Bertz CT molecular complexity index is 1680. The maximum absolute atomic E-state index is 16.0. The number of anilines is 2. The lowest BCUT2D eigenvalue weighted by molar-refractivity contribution is 0.420. The van der Waals surface area contributed by atoms with Gasteiger partial charge in [-0.1, -0.05) is 12.3 Å². The SMILES string of the molecule is C#Cc1c(F)c(F)cc2cc(N)cc(-c3ncc4c(N5CCCC[C@@H]6[C@@H](F)[C@@H]65)nc(=O)[nH]c4c3F)c12. The van der Waals surface area contributed by atoms with Crippen LogP contribution in [0, 0.1) is 35.7 Å². The summed E-state index contributed by atoms with van der Waals surface area (Å²) in [4.78, 5) is 24.9. The number of halogens is 4. The van der Waals surface area contributed by atoms with Crippen LogP contribution in [0.4, 0.5) is 29.1 Å². The van der Waals surface area contributed by atoms with Crippen molar-refractivity contribution in [2.24, 2.45) is 5.92 Å². The maximum atomic E-state index is 16.0. The van der Waals surface area contributed by atoms with Crippen LogP contribution in [0.2, 0.25) is 0 Å². The predicted octanol–water partition coefficient (Wildman–Crippen LogP) is 4.45. The highest BCUT2D eigenvalue weighted by Gasteiger charge is 2.55. The number of aromatic nitrogens is 3. The van der Waals surface area contributed by atoms with Gasteiger partial charge in [0.2, 0.25) is 0 Å². The molecule has 1 saturated heterocycles. The molecule has 1 saturated carbocycles. The molecule has 0 amide bonds. The van der Waals surface area contributed by atoms with Gasteiger partial charge < -0.3 is 15.6 Å². The quantitative estimate of drug-likeness (QED) is 0.245. The lowest BCUT2D eigenvalue weighted by Crippen LogP contribution is -2.31. The number of alkyl halides is 1.